The third-order valence-electron chi connectivity index (χ3n) is 2.14. The first-order valence-electron chi connectivity index (χ1n) is 4.02. The molecule has 10 heavy (non-hydrogen) atoms. The summed E-state index contributed by atoms with van der Waals surface area (Å²) in [6, 6.07) is 0.454. The fourth-order valence-electron chi connectivity index (χ4n) is 1.44. The van der Waals surface area contributed by atoms with Crippen LogP contribution in [0, 0.1) is 0 Å². The average Bonchev–Trinajstić information content (AvgIpc) is 2.13. The zero-order chi connectivity index (χ0) is 7.40. The van der Waals surface area contributed by atoms with Gasteiger partial charge in [-0.1, -0.05) is 6.42 Å². The number of ketones is 1. The number of rotatable bonds is 1. The molecule has 1 aliphatic rings. The van der Waals surface area contributed by atoms with E-state index in [9.17, 15) is 4.79 Å². The van der Waals surface area contributed by atoms with Gasteiger partial charge in [-0.2, -0.15) is 0 Å². The van der Waals surface area contributed by atoms with Crippen molar-refractivity contribution in [3.8, 4) is 0 Å². The van der Waals surface area contributed by atoms with E-state index in [0.717, 1.165) is 19.3 Å². The number of nitrogens with one attached hydrogen (secondary N) is 1. The molecule has 58 valence electrons. The van der Waals surface area contributed by atoms with Crippen molar-refractivity contribution >= 4 is 5.78 Å². The monoisotopic (exact) mass is 141 g/mol. The normalized spacial score (nSPS) is 28.1. The molecule has 1 atom stereocenters. The van der Waals surface area contributed by atoms with Crippen LogP contribution in [0.4, 0.5) is 0 Å². The molecular weight excluding hydrogens is 126 g/mol. The summed E-state index contributed by atoms with van der Waals surface area (Å²) in [4.78, 5) is 11.0. The molecule has 1 N–H and O–H groups in total. The summed E-state index contributed by atoms with van der Waals surface area (Å²) in [6.45, 7) is 0. The minimum absolute atomic E-state index is 0.428. The van der Waals surface area contributed by atoms with E-state index in [1.165, 1.54) is 12.8 Å². The average molecular weight is 141 g/mol. The van der Waals surface area contributed by atoms with E-state index in [2.05, 4.69) is 5.32 Å². The minimum atomic E-state index is 0.428. The molecule has 0 radical (unpaired) electrons. The van der Waals surface area contributed by atoms with Gasteiger partial charge in [-0.15, -0.1) is 0 Å². The highest BCUT2D eigenvalue weighted by molar-refractivity contribution is 5.79. The van der Waals surface area contributed by atoms with E-state index in [-0.39, 0.29) is 0 Å². The van der Waals surface area contributed by atoms with Crippen LogP contribution < -0.4 is 5.32 Å². The first-order chi connectivity index (χ1) is 4.83. The highest BCUT2D eigenvalue weighted by Crippen LogP contribution is 2.13. The topological polar surface area (TPSA) is 29.1 Å². The number of carbonyl (C=O) groups excluding carboxylic acids is 1. The molecule has 0 aromatic rings. The maximum Gasteiger partial charge on any atom is 0.134 e. The van der Waals surface area contributed by atoms with Crippen molar-refractivity contribution in [1.29, 1.82) is 0 Å². The third-order valence-corrected chi connectivity index (χ3v) is 2.14. The Hall–Kier alpha value is -0.370. The molecule has 0 bridgehead atoms. The van der Waals surface area contributed by atoms with E-state index in [4.69, 9.17) is 0 Å². The summed E-state index contributed by atoms with van der Waals surface area (Å²) < 4.78 is 0. The standard InChI is InChI=1S/C8H15NO/c1-9-7-4-2-3-5-8(10)6-7/h7,9H,2-6H2,1H3/t7-/m1/s1. The smallest absolute Gasteiger partial charge is 0.134 e. The molecule has 0 aromatic heterocycles. The molecular formula is C8H15NO. The van der Waals surface area contributed by atoms with Crippen molar-refractivity contribution in [2.75, 3.05) is 7.05 Å². The molecule has 1 saturated carbocycles. The van der Waals surface area contributed by atoms with E-state index in [1.54, 1.807) is 0 Å². The van der Waals surface area contributed by atoms with E-state index < -0.39 is 0 Å². The van der Waals surface area contributed by atoms with Gasteiger partial charge in [0.1, 0.15) is 5.78 Å². The van der Waals surface area contributed by atoms with Crippen LogP contribution in [0.15, 0.2) is 0 Å². The molecule has 1 aliphatic carbocycles. The molecule has 1 fully saturated rings. The van der Waals surface area contributed by atoms with Gasteiger partial charge in [-0.05, 0) is 19.9 Å². The molecule has 0 amide bonds. The lowest BCUT2D eigenvalue weighted by Crippen LogP contribution is -2.26. The second kappa shape index (κ2) is 3.71. The van der Waals surface area contributed by atoms with Gasteiger partial charge in [0.25, 0.3) is 0 Å². The van der Waals surface area contributed by atoms with Crippen LogP contribution in [-0.4, -0.2) is 18.9 Å². The second-order valence-corrected chi connectivity index (χ2v) is 2.97. The lowest BCUT2D eigenvalue weighted by Gasteiger charge is -2.10. The molecule has 0 spiro atoms. The van der Waals surface area contributed by atoms with Gasteiger partial charge in [-0.3, -0.25) is 4.79 Å². The zero-order valence-electron chi connectivity index (χ0n) is 6.52. The maximum absolute atomic E-state index is 11.0. The molecule has 2 nitrogen and oxygen atoms in total. The highest BCUT2D eigenvalue weighted by Gasteiger charge is 2.14. The van der Waals surface area contributed by atoms with Crippen molar-refractivity contribution in [2.45, 2.75) is 38.1 Å². The second-order valence-electron chi connectivity index (χ2n) is 2.97. The van der Waals surface area contributed by atoms with Gasteiger partial charge in [0.15, 0.2) is 0 Å². The summed E-state index contributed by atoms with van der Waals surface area (Å²) in [6.07, 6.45) is 5.02. The van der Waals surface area contributed by atoms with Crippen LogP contribution >= 0.6 is 0 Å². The Morgan fingerprint density at radius 3 is 3.00 bits per heavy atom. The lowest BCUT2D eigenvalue weighted by atomic mass is 10.1. The van der Waals surface area contributed by atoms with Crippen LogP contribution in [0.5, 0.6) is 0 Å². The lowest BCUT2D eigenvalue weighted by molar-refractivity contribution is -0.119. The third kappa shape index (κ3) is 2.10. The Labute approximate surface area is 62.0 Å². The Morgan fingerprint density at radius 2 is 2.30 bits per heavy atom. The van der Waals surface area contributed by atoms with E-state index in [1.807, 2.05) is 7.05 Å². The highest BCUT2D eigenvalue weighted by atomic mass is 16.1. The van der Waals surface area contributed by atoms with Gasteiger partial charge in [0, 0.05) is 18.9 Å². The first-order valence-corrected chi connectivity index (χ1v) is 4.02. The van der Waals surface area contributed by atoms with E-state index in [0.29, 0.717) is 11.8 Å². The SMILES string of the molecule is CN[C@@H]1CCCCC(=O)C1. The fourth-order valence-corrected chi connectivity index (χ4v) is 1.44. The summed E-state index contributed by atoms with van der Waals surface area (Å²) in [5.74, 6) is 0.428. The van der Waals surface area contributed by atoms with Crippen LogP contribution in [0.1, 0.15) is 32.1 Å². The van der Waals surface area contributed by atoms with Crippen molar-refractivity contribution in [3.63, 3.8) is 0 Å². The Bertz CT molecular complexity index is 122. The molecule has 0 aromatic carbocycles. The van der Waals surface area contributed by atoms with Crippen molar-refractivity contribution in [1.82, 2.24) is 5.32 Å². The predicted octanol–water partition coefficient (Wildman–Crippen LogP) is 1.11. The Kier molecular flexibility index (Phi) is 2.87. The predicted molar refractivity (Wildman–Crippen MR) is 40.9 cm³/mol. The summed E-state index contributed by atoms with van der Waals surface area (Å²) in [5, 5.41) is 3.15. The van der Waals surface area contributed by atoms with Crippen LogP contribution in [0.25, 0.3) is 0 Å². The van der Waals surface area contributed by atoms with E-state index >= 15 is 0 Å². The summed E-state index contributed by atoms with van der Waals surface area (Å²) in [7, 11) is 1.93. The minimum Gasteiger partial charge on any atom is -0.317 e. The summed E-state index contributed by atoms with van der Waals surface area (Å²) in [5.41, 5.74) is 0. The van der Waals surface area contributed by atoms with Crippen molar-refractivity contribution in [2.24, 2.45) is 0 Å². The number of hydrogen-bond donors (Lipinski definition) is 1. The largest absolute Gasteiger partial charge is 0.317 e. The summed E-state index contributed by atoms with van der Waals surface area (Å²) >= 11 is 0. The van der Waals surface area contributed by atoms with Crippen LogP contribution in [0.2, 0.25) is 0 Å². The molecule has 0 aliphatic heterocycles. The van der Waals surface area contributed by atoms with Crippen LogP contribution in [-0.2, 0) is 4.79 Å². The van der Waals surface area contributed by atoms with Crippen LogP contribution in [0.3, 0.4) is 0 Å². The van der Waals surface area contributed by atoms with Crippen molar-refractivity contribution in [3.05, 3.63) is 0 Å². The van der Waals surface area contributed by atoms with Gasteiger partial charge in [-0.25, -0.2) is 0 Å². The molecule has 0 saturated heterocycles. The maximum atomic E-state index is 11.0. The van der Waals surface area contributed by atoms with Crippen molar-refractivity contribution < 1.29 is 4.79 Å². The number of hydrogen-bond acceptors (Lipinski definition) is 2. The number of Topliss-reactive ketones (excluding diaryl/α,β-unsaturated/α-hetero) is 1. The quantitative estimate of drug-likeness (QED) is 0.554. The Balaban J connectivity index is 2.38. The molecule has 2 heteroatoms. The van der Waals surface area contributed by atoms with Gasteiger partial charge < -0.3 is 5.32 Å². The van der Waals surface area contributed by atoms with Gasteiger partial charge >= 0.3 is 0 Å². The molecule has 0 unspecified atom stereocenters. The first kappa shape index (κ1) is 7.73. The molecule has 0 heterocycles. The zero-order valence-corrected chi connectivity index (χ0v) is 6.52. The van der Waals surface area contributed by atoms with Gasteiger partial charge in [0.05, 0.1) is 0 Å². The van der Waals surface area contributed by atoms with Gasteiger partial charge in [0.2, 0.25) is 0 Å². The number of carbonyl (C=O) groups is 1. The fraction of sp³-hybridized carbons (Fsp3) is 0.875. The molecule has 1 rings (SSSR count). The Morgan fingerprint density at radius 1 is 1.50 bits per heavy atom.